The lowest BCUT2D eigenvalue weighted by molar-refractivity contribution is -0.298. The fourth-order valence-electron chi connectivity index (χ4n) is 3.63. The first-order valence-electron chi connectivity index (χ1n) is 9.49. The molecule has 0 saturated carbocycles. The second-order valence-electron chi connectivity index (χ2n) is 7.55. The van der Waals surface area contributed by atoms with Crippen LogP contribution in [0.25, 0.3) is 10.4 Å². The number of aliphatic hydroxyl groups excluding tert-OH is 3. The van der Waals surface area contributed by atoms with Crippen molar-refractivity contribution in [2.24, 2.45) is 11.0 Å². The fourth-order valence-corrected chi connectivity index (χ4v) is 3.63. The van der Waals surface area contributed by atoms with Gasteiger partial charge in [-0.3, -0.25) is 15.0 Å². The Hall–Kier alpha value is -2.52. The minimum atomic E-state index is -1.86. The minimum Gasteiger partial charge on any atom is -0.479 e. The number of carbonyl (C=O) groups is 3. The molecule has 0 radical (unpaired) electrons. The van der Waals surface area contributed by atoms with E-state index in [0.29, 0.717) is 0 Å². The molecule has 3 saturated heterocycles. The molecule has 15 nitrogen and oxygen atoms in total. The highest BCUT2D eigenvalue weighted by atomic mass is 16.7. The number of azide groups is 1. The van der Waals surface area contributed by atoms with Crippen molar-refractivity contribution < 1.29 is 49.0 Å². The maximum absolute atomic E-state index is 12.1. The smallest absolute Gasteiger partial charge is 0.335 e. The summed E-state index contributed by atoms with van der Waals surface area (Å²) in [6, 6.07) is -1.43. The van der Waals surface area contributed by atoms with Gasteiger partial charge in [-0.15, -0.1) is 0 Å². The number of nitrogens with zero attached hydrogens (tertiary/aromatic N) is 4. The summed E-state index contributed by atoms with van der Waals surface area (Å²) in [5.41, 5.74) is 8.82. The molecule has 3 rings (SSSR count). The molecule has 9 atom stereocenters. The maximum Gasteiger partial charge on any atom is 0.335 e. The fraction of sp³-hybridized carbons (Fsp3) is 0.812. The largest absolute Gasteiger partial charge is 0.479 e. The van der Waals surface area contributed by atoms with Crippen LogP contribution in [-0.2, 0) is 23.8 Å². The molecule has 3 fully saturated rings. The standard InChI is InChI=1S/C16H23N5O10/c1-5-3-21(16(28)18-13(5)25)8-2-6(19-20-17)7(30-8)4-29-15-11(24)9(22)10(23)12(31-15)14(26)27/h5-12,15,22-24H,2-4H2,1H3,(H,26,27)(H,18,25,28). The number of nitrogens with one attached hydrogen (secondary N) is 1. The molecule has 3 aliphatic heterocycles. The van der Waals surface area contributed by atoms with Gasteiger partial charge in [-0.05, 0) is 5.53 Å². The molecule has 0 aliphatic carbocycles. The van der Waals surface area contributed by atoms with Crippen molar-refractivity contribution in [2.45, 2.75) is 62.4 Å². The van der Waals surface area contributed by atoms with Gasteiger partial charge in [0.2, 0.25) is 5.91 Å². The molecular formula is C16H23N5O10. The Bertz CT molecular complexity index is 776. The van der Waals surface area contributed by atoms with Crippen LogP contribution < -0.4 is 5.32 Å². The third-order valence-corrected chi connectivity index (χ3v) is 5.40. The Labute approximate surface area is 175 Å². The van der Waals surface area contributed by atoms with Crippen molar-refractivity contribution in [1.82, 2.24) is 10.2 Å². The first-order chi connectivity index (χ1) is 14.6. The highest BCUT2D eigenvalue weighted by molar-refractivity contribution is 5.97. The molecule has 31 heavy (non-hydrogen) atoms. The summed E-state index contributed by atoms with van der Waals surface area (Å²) in [7, 11) is 0. The summed E-state index contributed by atoms with van der Waals surface area (Å²) in [6.45, 7) is 1.39. The predicted molar refractivity (Wildman–Crippen MR) is 95.9 cm³/mol. The summed E-state index contributed by atoms with van der Waals surface area (Å²) in [4.78, 5) is 39.0. The molecule has 15 heteroatoms. The lowest BCUT2D eigenvalue weighted by atomic mass is 9.99. The number of urea groups is 1. The minimum absolute atomic E-state index is 0.0979. The van der Waals surface area contributed by atoms with Gasteiger partial charge in [-0.25, -0.2) is 9.59 Å². The number of carbonyl (C=O) groups excluding carboxylic acids is 2. The quantitative estimate of drug-likeness (QED) is 0.170. The number of aliphatic hydroxyl groups is 3. The van der Waals surface area contributed by atoms with E-state index < -0.39 is 72.9 Å². The third kappa shape index (κ3) is 4.72. The van der Waals surface area contributed by atoms with Crippen molar-refractivity contribution in [3.63, 3.8) is 0 Å². The molecule has 0 aromatic rings. The van der Waals surface area contributed by atoms with E-state index in [1.165, 1.54) is 4.90 Å². The lowest BCUT2D eigenvalue weighted by Crippen LogP contribution is -2.60. The van der Waals surface area contributed by atoms with Crippen molar-refractivity contribution in [3.8, 4) is 0 Å². The van der Waals surface area contributed by atoms with Crippen LogP contribution in [0.5, 0.6) is 0 Å². The van der Waals surface area contributed by atoms with Crippen LogP contribution in [0.2, 0.25) is 0 Å². The summed E-state index contributed by atoms with van der Waals surface area (Å²) in [5.74, 6) is -2.44. The number of hydrogen-bond acceptors (Lipinski definition) is 10. The first-order valence-corrected chi connectivity index (χ1v) is 9.49. The zero-order chi connectivity index (χ0) is 22.9. The van der Waals surface area contributed by atoms with E-state index in [0.717, 1.165) is 0 Å². The van der Waals surface area contributed by atoms with E-state index in [1.807, 2.05) is 0 Å². The van der Waals surface area contributed by atoms with Gasteiger partial charge in [0.1, 0.15) is 24.5 Å². The van der Waals surface area contributed by atoms with E-state index in [4.69, 9.17) is 24.8 Å². The average molecular weight is 445 g/mol. The second kappa shape index (κ2) is 9.32. The van der Waals surface area contributed by atoms with Crippen molar-refractivity contribution in [2.75, 3.05) is 13.2 Å². The summed E-state index contributed by atoms with van der Waals surface area (Å²) in [6.07, 6.45) is -10.5. The number of imide groups is 1. The maximum atomic E-state index is 12.1. The summed E-state index contributed by atoms with van der Waals surface area (Å²) < 4.78 is 16.2. The van der Waals surface area contributed by atoms with Crippen LogP contribution in [0.15, 0.2) is 5.11 Å². The Morgan fingerprint density at radius 2 is 2.00 bits per heavy atom. The molecular weight excluding hydrogens is 422 g/mol. The monoisotopic (exact) mass is 445 g/mol. The Balaban J connectivity index is 1.66. The molecule has 172 valence electrons. The first kappa shape index (κ1) is 23.1. The third-order valence-electron chi connectivity index (χ3n) is 5.40. The zero-order valence-electron chi connectivity index (χ0n) is 16.3. The molecule has 3 heterocycles. The Morgan fingerprint density at radius 1 is 1.29 bits per heavy atom. The van der Waals surface area contributed by atoms with Gasteiger partial charge in [0.25, 0.3) is 0 Å². The van der Waals surface area contributed by atoms with E-state index in [1.54, 1.807) is 6.92 Å². The van der Waals surface area contributed by atoms with E-state index >= 15 is 0 Å². The molecule has 0 spiro atoms. The Morgan fingerprint density at radius 3 is 2.65 bits per heavy atom. The molecule has 9 unspecified atom stereocenters. The number of rotatable bonds is 6. The topological polar surface area (TPSA) is 224 Å². The van der Waals surface area contributed by atoms with Crippen molar-refractivity contribution >= 4 is 17.9 Å². The molecule has 0 bridgehead atoms. The zero-order valence-corrected chi connectivity index (χ0v) is 16.3. The SMILES string of the molecule is CC1CN(C2CC(N=[N+]=[N-])C(COC3OC(C(=O)O)C(O)C(O)C3O)O2)C(=O)NC1=O. The number of amides is 3. The molecule has 3 amide bonds. The number of hydrogen-bond donors (Lipinski definition) is 5. The predicted octanol–water partition coefficient (Wildman–Crippen LogP) is -2.12. The van der Waals surface area contributed by atoms with Crippen LogP contribution >= 0.6 is 0 Å². The number of carboxylic acid groups (broad SMARTS) is 1. The summed E-state index contributed by atoms with van der Waals surface area (Å²) in [5, 5.41) is 44.5. The molecule has 3 aliphatic rings. The molecule has 5 N–H and O–H groups in total. The highest BCUT2D eigenvalue weighted by Crippen LogP contribution is 2.29. The van der Waals surface area contributed by atoms with Gasteiger partial charge >= 0.3 is 12.0 Å². The van der Waals surface area contributed by atoms with Gasteiger partial charge in [0.15, 0.2) is 12.4 Å². The van der Waals surface area contributed by atoms with Gasteiger partial charge in [0.05, 0.1) is 24.7 Å². The van der Waals surface area contributed by atoms with E-state index in [9.17, 15) is 29.7 Å². The number of ether oxygens (including phenoxy) is 3. The van der Waals surface area contributed by atoms with Crippen LogP contribution in [0.4, 0.5) is 4.79 Å². The van der Waals surface area contributed by atoms with Crippen molar-refractivity contribution in [3.05, 3.63) is 10.4 Å². The van der Waals surface area contributed by atoms with Crippen LogP contribution in [0.1, 0.15) is 13.3 Å². The van der Waals surface area contributed by atoms with Gasteiger partial charge in [-0.1, -0.05) is 12.0 Å². The van der Waals surface area contributed by atoms with Crippen LogP contribution in [-0.4, -0.2) is 105 Å². The second-order valence-corrected chi connectivity index (χ2v) is 7.55. The highest BCUT2D eigenvalue weighted by Gasteiger charge is 2.48. The van der Waals surface area contributed by atoms with Crippen LogP contribution in [0, 0.1) is 5.92 Å². The van der Waals surface area contributed by atoms with E-state index in [-0.39, 0.29) is 19.6 Å². The normalized spacial score (nSPS) is 40.9. The van der Waals surface area contributed by atoms with Gasteiger partial charge in [-0.2, -0.15) is 0 Å². The van der Waals surface area contributed by atoms with Gasteiger partial charge < -0.3 is 34.6 Å². The number of aliphatic carboxylic acids is 1. The Kier molecular flexibility index (Phi) is 6.96. The van der Waals surface area contributed by atoms with E-state index in [2.05, 4.69) is 15.3 Å². The average Bonchev–Trinajstić information content (AvgIpc) is 3.11. The molecule has 0 aromatic heterocycles. The molecule has 0 aromatic carbocycles. The summed E-state index contributed by atoms with van der Waals surface area (Å²) >= 11 is 0. The lowest BCUT2D eigenvalue weighted by Gasteiger charge is -2.38. The van der Waals surface area contributed by atoms with Crippen molar-refractivity contribution in [1.29, 1.82) is 0 Å². The van der Waals surface area contributed by atoms with Crippen LogP contribution in [0.3, 0.4) is 0 Å². The van der Waals surface area contributed by atoms with Gasteiger partial charge in [0, 0.05) is 17.9 Å². The number of carboxylic acids is 1.